The largest absolute Gasteiger partial charge is 0.337 e. The molecule has 26 heavy (non-hydrogen) atoms. The van der Waals surface area contributed by atoms with Crippen molar-refractivity contribution in [2.45, 2.75) is 39.7 Å². The first-order valence-corrected chi connectivity index (χ1v) is 9.25. The van der Waals surface area contributed by atoms with E-state index in [-0.39, 0.29) is 11.8 Å². The molecule has 2 aliphatic rings. The molecule has 4 nitrogen and oxygen atoms in total. The standard InChI is InChI=1S/C22H24N2O2/c1-15-6-5-9-19(16(15)2)23-20(25)22(11-12-22)21(26)24-13-10-17-7-3-4-8-18(17)14-24/h3-9H,10-14H2,1-2H3,(H,23,25). The molecule has 4 heteroatoms. The van der Waals surface area contributed by atoms with Gasteiger partial charge in [-0.05, 0) is 61.4 Å². The average Bonchev–Trinajstić information content (AvgIpc) is 3.46. The van der Waals surface area contributed by atoms with Crippen LogP contribution in [0.4, 0.5) is 5.69 Å². The van der Waals surface area contributed by atoms with Crippen LogP contribution in [0, 0.1) is 19.3 Å². The highest BCUT2D eigenvalue weighted by Crippen LogP contribution is 2.49. The summed E-state index contributed by atoms with van der Waals surface area (Å²) in [6.45, 7) is 5.31. The minimum Gasteiger partial charge on any atom is -0.337 e. The first-order chi connectivity index (χ1) is 12.5. The Morgan fingerprint density at radius 3 is 2.46 bits per heavy atom. The van der Waals surface area contributed by atoms with E-state index in [9.17, 15) is 9.59 Å². The molecule has 0 atom stereocenters. The molecule has 1 N–H and O–H groups in total. The van der Waals surface area contributed by atoms with Gasteiger partial charge in [0.15, 0.2) is 0 Å². The Morgan fingerprint density at radius 1 is 1.00 bits per heavy atom. The lowest BCUT2D eigenvalue weighted by Gasteiger charge is -2.31. The molecule has 0 spiro atoms. The van der Waals surface area contributed by atoms with Gasteiger partial charge in [0.2, 0.25) is 11.8 Å². The number of nitrogens with one attached hydrogen (secondary N) is 1. The molecule has 1 aliphatic carbocycles. The first kappa shape index (κ1) is 16.8. The van der Waals surface area contributed by atoms with Crippen LogP contribution in [0.3, 0.4) is 0 Å². The molecule has 0 aromatic heterocycles. The number of carbonyl (C=O) groups is 2. The Bertz CT molecular complexity index is 883. The third-order valence-corrected chi connectivity index (χ3v) is 5.86. The van der Waals surface area contributed by atoms with E-state index >= 15 is 0 Å². The fraction of sp³-hybridized carbons (Fsp3) is 0.364. The van der Waals surface area contributed by atoms with Gasteiger partial charge in [0, 0.05) is 18.8 Å². The third-order valence-electron chi connectivity index (χ3n) is 5.86. The lowest BCUT2D eigenvalue weighted by molar-refractivity contribution is -0.143. The molecule has 2 aromatic carbocycles. The Balaban J connectivity index is 1.51. The molecule has 4 rings (SSSR count). The van der Waals surface area contributed by atoms with Gasteiger partial charge in [0.05, 0.1) is 0 Å². The maximum Gasteiger partial charge on any atom is 0.240 e. The van der Waals surface area contributed by atoms with Crippen LogP contribution in [-0.2, 0) is 22.6 Å². The summed E-state index contributed by atoms with van der Waals surface area (Å²) in [5.41, 5.74) is 4.61. The molecule has 134 valence electrons. The van der Waals surface area contributed by atoms with Crippen molar-refractivity contribution in [2.24, 2.45) is 5.41 Å². The van der Waals surface area contributed by atoms with Crippen molar-refractivity contribution in [1.29, 1.82) is 0 Å². The zero-order valence-electron chi connectivity index (χ0n) is 15.3. The lowest BCUT2D eigenvalue weighted by atomic mass is 9.96. The summed E-state index contributed by atoms with van der Waals surface area (Å²) in [7, 11) is 0. The molecule has 2 amide bonds. The summed E-state index contributed by atoms with van der Waals surface area (Å²) in [5.74, 6) is -0.176. The summed E-state index contributed by atoms with van der Waals surface area (Å²) >= 11 is 0. The van der Waals surface area contributed by atoms with E-state index in [4.69, 9.17) is 0 Å². The van der Waals surface area contributed by atoms with Crippen molar-refractivity contribution in [1.82, 2.24) is 4.90 Å². The zero-order valence-corrected chi connectivity index (χ0v) is 15.3. The van der Waals surface area contributed by atoms with Crippen molar-refractivity contribution < 1.29 is 9.59 Å². The van der Waals surface area contributed by atoms with Gasteiger partial charge in [0.25, 0.3) is 0 Å². The minimum absolute atomic E-state index is 0.0187. The number of anilines is 1. The molecule has 0 saturated heterocycles. The molecule has 0 bridgehead atoms. The van der Waals surface area contributed by atoms with Crippen LogP contribution in [0.25, 0.3) is 0 Å². The third kappa shape index (κ3) is 2.79. The van der Waals surface area contributed by atoms with E-state index in [1.807, 2.05) is 49.1 Å². The summed E-state index contributed by atoms with van der Waals surface area (Å²) in [5, 5.41) is 3.01. The highest BCUT2D eigenvalue weighted by molar-refractivity contribution is 6.13. The molecule has 0 unspecified atom stereocenters. The van der Waals surface area contributed by atoms with Crippen LogP contribution in [0.5, 0.6) is 0 Å². The van der Waals surface area contributed by atoms with Crippen LogP contribution >= 0.6 is 0 Å². The van der Waals surface area contributed by atoms with Gasteiger partial charge in [-0.15, -0.1) is 0 Å². The van der Waals surface area contributed by atoms with Crippen molar-refractivity contribution >= 4 is 17.5 Å². The van der Waals surface area contributed by atoms with Crippen LogP contribution < -0.4 is 5.32 Å². The van der Waals surface area contributed by atoms with Gasteiger partial charge in [0.1, 0.15) is 5.41 Å². The molecule has 1 aliphatic heterocycles. The fourth-order valence-electron chi connectivity index (χ4n) is 3.76. The molecule has 1 saturated carbocycles. The molecule has 1 fully saturated rings. The highest BCUT2D eigenvalue weighted by Gasteiger charge is 2.58. The quantitative estimate of drug-likeness (QED) is 0.862. The molecule has 2 aromatic rings. The molecular formula is C22H24N2O2. The van der Waals surface area contributed by atoms with Crippen molar-refractivity contribution in [2.75, 3.05) is 11.9 Å². The van der Waals surface area contributed by atoms with Gasteiger partial charge in [-0.1, -0.05) is 36.4 Å². The Morgan fingerprint density at radius 2 is 1.73 bits per heavy atom. The van der Waals surface area contributed by atoms with Crippen molar-refractivity contribution in [3.63, 3.8) is 0 Å². The van der Waals surface area contributed by atoms with E-state index in [1.54, 1.807) is 0 Å². The first-order valence-electron chi connectivity index (χ1n) is 9.25. The Hall–Kier alpha value is -2.62. The Kier molecular flexibility index (Phi) is 4.06. The highest BCUT2D eigenvalue weighted by atomic mass is 16.2. The van der Waals surface area contributed by atoms with E-state index in [2.05, 4.69) is 17.4 Å². The van der Waals surface area contributed by atoms with Crippen LogP contribution in [0.1, 0.15) is 35.1 Å². The maximum atomic E-state index is 13.1. The number of hydrogen-bond donors (Lipinski definition) is 1. The molecule has 0 radical (unpaired) electrons. The van der Waals surface area contributed by atoms with Crippen molar-refractivity contribution in [3.8, 4) is 0 Å². The summed E-state index contributed by atoms with van der Waals surface area (Å²) in [4.78, 5) is 27.9. The van der Waals surface area contributed by atoms with Gasteiger partial charge in [-0.25, -0.2) is 0 Å². The van der Waals surface area contributed by atoms with E-state index < -0.39 is 5.41 Å². The molecular weight excluding hydrogens is 324 g/mol. The smallest absolute Gasteiger partial charge is 0.240 e. The Labute approximate surface area is 154 Å². The van der Waals surface area contributed by atoms with Gasteiger partial charge in [-0.2, -0.15) is 0 Å². The van der Waals surface area contributed by atoms with E-state index in [1.165, 1.54) is 11.1 Å². The monoisotopic (exact) mass is 348 g/mol. The van der Waals surface area contributed by atoms with Gasteiger partial charge in [-0.3, -0.25) is 9.59 Å². The number of nitrogens with zero attached hydrogens (tertiary/aromatic N) is 1. The van der Waals surface area contributed by atoms with Gasteiger partial charge >= 0.3 is 0 Å². The number of aryl methyl sites for hydroxylation is 1. The normalized spacial score (nSPS) is 17.4. The second-order valence-electron chi connectivity index (χ2n) is 7.53. The van der Waals surface area contributed by atoms with Crippen LogP contribution in [0.15, 0.2) is 42.5 Å². The number of benzene rings is 2. The van der Waals surface area contributed by atoms with E-state index in [0.717, 1.165) is 23.2 Å². The van der Waals surface area contributed by atoms with Gasteiger partial charge < -0.3 is 10.2 Å². The number of rotatable bonds is 3. The maximum absolute atomic E-state index is 13.1. The second kappa shape index (κ2) is 6.27. The average molecular weight is 348 g/mol. The summed E-state index contributed by atoms with van der Waals surface area (Å²) in [6, 6.07) is 14.1. The minimum atomic E-state index is -0.873. The number of fused-ring (bicyclic) bond motifs is 1. The summed E-state index contributed by atoms with van der Waals surface area (Å²) in [6.07, 6.45) is 2.14. The fourth-order valence-corrected chi connectivity index (χ4v) is 3.76. The predicted molar refractivity (Wildman–Crippen MR) is 102 cm³/mol. The SMILES string of the molecule is Cc1cccc(NC(=O)C2(C(=O)N3CCc4ccccc4C3)CC2)c1C. The number of hydrogen-bond acceptors (Lipinski definition) is 2. The van der Waals surface area contributed by atoms with Crippen molar-refractivity contribution in [3.05, 3.63) is 64.7 Å². The second-order valence-corrected chi connectivity index (χ2v) is 7.53. The lowest BCUT2D eigenvalue weighted by Crippen LogP contribution is -2.45. The summed E-state index contributed by atoms with van der Waals surface area (Å²) < 4.78 is 0. The van der Waals surface area contributed by atoms with Crippen LogP contribution in [-0.4, -0.2) is 23.3 Å². The number of carbonyl (C=O) groups excluding carboxylic acids is 2. The van der Waals surface area contributed by atoms with E-state index in [0.29, 0.717) is 25.9 Å². The number of amides is 2. The topological polar surface area (TPSA) is 49.4 Å². The predicted octanol–water partition coefficient (Wildman–Crippen LogP) is 3.61. The zero-order chi connectivity index (χ0) is 18.3. The van der Waals surface area contributed by atoms with Crippen LogP contribution in [0.2, 0.25) is 0 Å². The molecule has 1 heterocycles.